The zero-order valence-corrected chi connectivity index (χ0v) is 18.5. The maximum absolute atomic E-state index is 11.2. The highest BCUT2D eigenvalue weighted by Gasteiger charge is 2.20. The molecule has 3 nitrogen and oxygen atoms in total. The molecule has 0 bridgehead atoms. The molecule has 0 saturated carbocycles. The molecule has 0 radical (unpaired) electrons. The quantitative estimate of drug-likeness (QED) is 0.378. The summed E-state index contributed by atoms with van der Waals surface area (Å²) >= 11 is 0. The summed E-state index contributed by atoms with van der Waals surface area (Å²) in [5.41, 5.74) is 5.50. The molecule has 3 rings (SSSR count). The molecule has 0 amide bonds. The zero-order chi connectivity index (χ0) is 21.7. The average Bonchev–Trinajstić information content (AvgIpc) is 3.11. The Morgan fingerprint density at radius 2 is 1.80 bits per heavy atom. The molecule has 2 aromatic carbocycles. The molecular weight excluding hydrogens is 372 g/mol. The summed E-state index contributed by atoms with van der Waals surface area (Å²) in [5.74, 6) is 0.901. The van der Waals surface area contributed by atoms with Crippen molar-refractivity contribution >= 4 is 11.0 Å². The molecule has 3 aromatic rings. The first-order chi connectivity index (χ1) is 14.4. The van der Waals surface area contributed by atoms with E-state index < -0.39 is 0 Å². The smallest absolute Gasteiger partial charge is 0.139 e. The van der Waals surface area contributed by atoms with Crippen molar-refractivity contribution in [3.63, 3.8) is 0 Å². The molecule has 0 fully saturated rings. The molecule has 0 aliphatic rings. The molecule has 2 N–H and O–H groups in total. The maximum Gasteiger partial charge on any atom is 0.139 e. The topological polar surface area (TPSA) is 53.6 Å². The second-order valence-electron chi connectivity index (χ2n) is 8.23. The number of allylic oxidation sites excluding steroid dienone is 4. The summed E-state index contributed by atoms with van der Waals surface area (Å²) < 4.78 is 6.05. The molecule has 30 heavy (non-hydrogen) atoms. The lowest BCUT2D eigenvalue weighted by Gasteiger charge is -2.15. The standard InChI is InChI=1S/C27H32O3/c1-5-9-21-16-23(28)22(15-14-19(4)11-8-10-18(2)3)27(29)26(21)25-17-20-12-6-7-13-24(20)30-25/h6-7,10,12-14,16-17,28-29H,5,8-9,11,15H2,1-4H3. The molecule has 1 aromatic heterocycles. The minimum atomic E-state index is 0.117. The van der Waals surface area contributed by atoms with Crippen LogP contribution in [0.15, 0.2) is 64.1 Å². The predicted octanol–water partition coefficient (Wildman–Crippen LogP) is 7.70. The molecule has 0 unspecified atom stereocenters. The van der Waals surface area contributed by atoms with Crippen LogP contribution in [0.5, 0.6) is 11.5 Å². The number of para-hydroxylation sites is 1. The van der Waals surface area contributed by atoms with Gasteiger partial charge in [-0.25, -0.2) is 0 Å². The molecule has 0 aliphatic carbocycles. The number of phenolic OH excluding ortho intramolecular Hbond substituents is 2. The van der Waals surface area contributed by atoms with E-state index in [1.807, 2.05) is 30.3 Å². The number of aromatic hydroxyl groups is 2. The van der Waals surface area contributed by atoms with Gasteiger partial charge in [-0.2, -0.15) is 0 Å². The van der Waals surface area contributed by atoms with Crippen molar-refractivity contribution in [1.82, 2.24) is 0 Å². The fraction of sp³-hybridized carbons (Fsp3) is 0.333. The summed E-state index contributed by atoms with van der Waals surface area (Å²) in [4.78, 5) is 0. The summed E-state index contributed by atoms with van der Waals surface area (Å²) in [5, 5.41) is 22.8. The normalized spacial score (nSPS) is 11.8. The van der Waals surface area contributed by atoms with Crippen LogP contribution in [0.4, 0.5) is 0 Å². The molecule has 3 heteroatoms. The van der Waals surface area contributed by atoms with Gasteiger partial charge in [-0.05, 0) is 70.2 Å². The molecule has 0 aliphatic heterocycles. The lowest BCUT2D eigenvalue weighted by atomic mass is 9.94. The lowest BCUT2D eigenvalue weighted by Crippen LogP contribution is -1.95. The van der Waals surface area contributed by atoms with Crippen molar-refractivity contribution in [2.45, 2.75) is 59.8 Å². The van der Waals surface area contributed by atoms with Crippen molar-refractivity contribution < 1.29 is 14.6 Å². The van der Waals surface area contributed by atoms with Crippen LogP contribution in [0.2, 0.25) is 0 Å². The molecule has 0 saturated heterocycles. The SMILES string of the molecule is CCCc1cc(O)c(CC=C(C)CCC=C(C)C)c(O)c1-c1cc2ccccc2o1. The Labute approximate surface area is 179 Å². The molecule has 1 heterocycles. The molecule has 158 valence electrons. The Morgan fingerprint density at radius 1 is 1.03 bits per heavy atom. The van der Waals surface area contributed by atoms with E-state index in [1.165, 1.54) is 11.1 Å². The van der Waals surface area contributed by atoms with Gasteiger partial charge in [-0.1, -0.05) is 54.8 Å². The Balaban J connectivity index is 1.99. The third-order valence-corrected chi connectivity index (χ3v) is 5.40. The minimum Gasteiger partial charge on any atom is -0.508 e. The van der Waals surface area contributed by atoms with Crippen molar-refractivity contribution in [2.24, 2.45) is 0 Å². The summed E-state index contributed by atoms with van der Waals surface area (Å²) in [6.07, 6.45) is 8.44. The van der Waals surface area contributed by atoms with Crippen LogP contribution < -0.4 is 0 Å². The van der Waals surface area contributed by atoms with Gasteiger partial charge in [-0.15, -0.1) is 0 Å². The predicted molar refractivity (Wildman–Crippen MR) is 125 cm³/mol. The van der Waals surface area contributed by atoms with Crippen molar-refractivity contribution in [3.8, 4) is 22.8 Å². The van der Waals surface area contributed by atoms with E-state index in [4.69, 9.17) is 4.42 Å². The third-order valence-electron chi connectivity index (χ3n) is 5.40. The van der Waals surface area contributed by atoms with Gasteiger partial charge >= 0.3 is 0 Å². The second kappa shape index (κ2) is 9.71. The van der Waals surface area contributed by atoms with Gasteiger partial charge in [0.1, 0.15) is 22.8 Å². The summed E-state index contributed by atoms with van der Waals surface area (Å²) in [6.45, 7) is 8.39. The van der Waals surface area contributed by atoms with Gasteiger partial charge in [0.2, 0.25) is 0 Å². The van der Waals surface area contributed by atoms with Crippen molar-refractivity contribution in [3.05, 3.63) is 70.8 Å². The van der Waals surface area contributed by atoms with Crippen molar-refractivity contribution in [1.29, 1.82) is 0 Å². The fourth-order valence-corrected chi connectivity index (χ4v) is 3.76. The summed E-state index contributed by atoms with van der Waals surface area (Å²) in [7, 11) is 0. The zero-order valence-electron chi connectivity index (χ0n) is 18.5. The van der Waals surface area contributed by atoms with E-state index in [0.717, 1.165) is 42.2 Å². The highest BCUT2D eigenvalue weighted by Crippen LogP contribution is 2.43. The Morgan fingerprint density at radius 3 is 2.50 bits per heavy atom. The highest BCUT2D eigenvalue weighted by molar-refractivity contribution is 5.85. The first-order valence-electron chi connectivity index (χ1n) is 10.7. The number of furan rings is 1. The molecule has 0 spiro atoms. The number of rotatable bonds is 8. The number of hydrogen-bond donors (Lipinski definition) is 2. The van der Waals surface area contributed by atoms with E-state index in [-0.39, 0.29) is 11.5 Å². The van der Waals surface area contributed by atoms with E-state index in [2.05, 4.69) is 39.8 Å². The van der Waals surface area contributed by atoms with Crippen LogP contribution in [0, 0.1) is 0 Å². The number of benzene rings is 2. The Hall–Kier alpha value is -2.94. The van der Waals surface area contributed by atoms with Gasteiger partial charge in [0, 0.05) is 10.9 Å². The van der Waals surface area contributed by atoms with Crippen LogP contribution in [-0.4, -0.2) is 10.2 Å². The Kier molecular flexibility index (Phi) is 7.04. The molecular formula is C27H32O3. The minimum absolute atomic E-state index is 0.117. The number of phenols is 2. The second-order valence-corrected chi connectivity index (χ2v) is 8.23. The maximum atomic E-state index is 11.2. The van der Waals surface area contributed by atoms with E-state index in [0.29, 0.717) is 23.3 Å². The van der Waals surface area contributed by atoms with Gasteiger partial charge < -0.3 is 14.6 Å². The monoisotopic (exact) mass is 404 g/mol. The van der Waals surface area contributed by atoms with Gasteiger partial charge in [-0.3, -0.25) is 0 Å². The summed E-state index contributed by atoms with van der Waals surface area (Å²) in [6, 6.07) is 11.6. The lowest BCUT2D eigenvalue weighted by molar-refractivity contribution is 0.439. The fourth-order valence-electron chi connectivity index (χ4n) is 3.76. The van der Waals surface area contributed by atoms with Crippen LogP contribution in [-0.2, 0) is 12.8 Å². The van der Waals surface area contributed by atoms with Crippen LogP contribution in [0.1, 0.15) is 58.1 Å². The third kappa shape index (κ3) is 4.96. The Bertz CT molecular complexity index is 1050. The number of fused-ring (bicyclic) bond motifs is 1. The van der Waals surface area contributed by atoms with Gasteiger partial charge in [0.25, 0.3) is 0 Å². The van der Waals surface area contributed by atoms with Crippen LogP contribution in [0.25, 0.3) is 22.3 Å². The first-order valence-corrected chi connectivity index (χ1v) is 10.7. The van der Waals surface area contributed by atoms with E-state index >= 15 is 0 Å². The average molecular weight is 405 g/mol. The largest absolute Gasteiger partial charge is 0.508 e. The highest BCUT2D eigenvalue weighted by atomic mass is 16.3. The number of hydrogen-bond acceptors (Lipinski definition) is 3. The van der Waals surface area contributed by atoms with Gasteiger partial charge in [0.15, 0.2) is 0 Å². The van der Waals surface area contributed by atoms with Crippen LogP contribution >= 0.6 is 0 Å². The van der Waals surface area contributed by atoms with Gasteiger partial charge in [0.05, 0.1) is 5.56 Å². The molecule has 0 atom stereocenters. The van der Waals surface area contributed by atoms with Crippen LogP contribution in [0.3, 0.4) is 0 Å². The van der Waals surface area contributed by atoms with Crippen molar-refractivity contribution in [2.75, 3.05) is 0 Å². The number of aryl methyl sites for hydroxylation is 1. The van der Waals surface area contributed by atoms with E-state index in [9.17, 15) is 10.2 Å². The van der Waals surface area contributed by atoms with E-state index in [1.54, 1.807) is 6.07 Å². The first kappa shape index (κ1) is 21.8.